The molecule has 19 heavy (non-hydrogen) atoms. The van der Waals surface area contributed by atoms with Crippen LogP contribution in [0.4, 0.5) is 5.69 Å². The summed E-state index contributed by atoms with van der Waals surface area (Å²) in [7, 11) is 0. The molecule has 104 valence electrons. The molecule has 5 nitrogen and oxygen atoms in total. The molecule has 0 aliphatic rings. The Hall–Kier alpha value is -1.15. The Morgan fingerprint density at radius 1 is 1.32 bits per heavy atom. The highest BCUT2D eigenvalue weighted by Crippen LogP contribution is 2.18. The molecule has 1 amide bonds. The number of carboxylic acids is 1. The second-order valence-corrected chi connectivity index (χ2v) is 6.39. The van der Waals surface area contributed by atoms with Gasteiger partial charge < -0.3 is 15.7 Å². The highest BCUT2D eigenvalue weighted by Gasteiger charge is 2.15. The number of halogens is 1. The van der Waals surface area contributed by atoms with Crippen LogP contribution in [0.15, 0.2) is 18.2 Å². The standard InChI is InChI=1S/C13H17IN2O3/c1-13(2,3)15-7-11(17)16-10-5-4-8(14)6-9(10)12(18)19/h4-6,15H,7H2,1-3H3,(H,16,17)(H,18,19). The van der Waals surface area contributed by atoms with Crippen LogP contribution in [-0.2, 0) is 4.79 Å². The van der Waals surface area contributed by atoms with E-state index in [9.17, 15) is 9.59 Å². The normalized spacial score (nSPS) is 11.2. The van der Waals surface area contributed by atoms with Gasteiger partial charge in [-0.3, -0.25) is 4.79 Å². The molecule has 0 saturated heterocycles. The van der Waals surface area contributed by atoms with Crippen LogP contribution < -0.4 is 10.6 Å². The molecule has 6 heteroatoms. The van der Waals surface area contributed by atoms with Crippen LogP contribution in [0.5, 0.6) is 0 Å². The fraction of sp³-hybridized carbons (Fsp3) is 0.385. The van der Waals surface area contributed by atoms with Gasteiger partial charge in [0.15, 0.2) is 0 Å². The summed E-state index contributed by atoms with van der Waals surface area (Å²) in [6.45, 7) is 5.99. The molecule has 0 heterocycles. The number of benzene rings is 1. The smallest absolute Gasteiger partial charge is 0.337 e. The highest BCUT2D eigenvalue weighted by molar-refractivity contribution is 14.1. The van der Waals surface area contributed by atoms with Gasteiger partial charge in [-0.2, -0.15) is 0 Å². The van der Waals surface area contributed by atoms with Crippen molar-refractivity contribution in [3.63, 3.8) is 0 Å². The molecule has 0 aliphatic carbocycles. The van der Waals surface area contributed by atoms with Crippen molar-refractivity contribution < 1.29 is 14.7 Å². The number of carboxylic acid groups (broad SMARTS) is 1. The molecule has 1 rings (SSSR count). The average molecular weight is 376 g/mol. The fourth-order valence-electron chi connectivity index (χ4n) is 1.34. The summed E-state index contributed by atoms with van der Waals surface area (Å²) in [5.74, 6) is -1.32. The van der Waals surface area contributed by atoms with Gasteiger partial charge in [0, 0.05) is 9.11 Å². The molecule has 0 atom stereocenters. The van der Waals surface area contributed by atoms with Crippen molar-refractivity contribution in [2.45, 2.75) is 26.3 Å². The van der Waals surface area contributed by atoms with Gasteiger partial charge in [-0.1, -0.05) is 0 Å². The summed E-state index contributed by atoms with van der Waals surface area (Å²) in [6, 6.07) is 4.87. The van der Waals surface area contributed by atoms with Crippen molar-refractivity contribution in [1.82, 2.24) is 5.32 Å². The number of carbonyl (C=O) groups is 2. The fourth-order valence-corrected chi connectivity index (χ4v) is 1.83. The van der Waals surface area contributed by atoms with Crippen molar-refractivity contribution in [3.8, 4) is 0 Å². The number of aromatic carboxylic acids is 1. The monoisotopic (exact) mass is 376 g/mol. The Kier molecular flexibility index (Phi) is 5.30. The van der Waals surface area contributed by atoms with E-state index in [0.717, 1.165) is 3.57 Å². The van der Waals surface area contributed by atoms with E-state index in [-0.39, 0.29) is 23.6 Å². The lowest BCUT2D eigenvalue weighted by Gasteiger charge is -2.20. The molecule has 0 saturated carbocycles. The molecule has 0 spiro atoms. The quantitative estimate of drug-likeness (QED) is 0.705. The molecule has 0 bridgehead atoms. The maximum absolute atomic E-state index is 11.8. The van der Waals surface area contributed by atoms with Gasteiger partial charge in [-0.15, -0.1) is 0 Å². The Balaban J connectivity index is 2.77. The summed E-state index contributed by atoms with van der Waals surface area (Å²) in [5.41, 5.74) is 0.239. The third-order valence-corrected chi connectivity index (χ3v) is 2.94. The molecule has 0 radical (unpaired) electrons. The second kappa shape index (κ2) is 6.33. The van der Waals surface area contributed by atoms with Gasteiger partial charge in [0.05, 0.1) is 17.8 Å². The van der Waals surface area contributed by atoms with Crippen LogP contribution in [-0.4, -0.2) is 29.1 Å². The second-order valence-electron chi connectivity index (χ2n) is 5.15. The van der Waals surface area contributed by atoms with E-state index < -0.39 is 5.97 Å². The number of hydrogen-bond acceptors (Lipinski definition) is 3. The Labute approximate surface area is 125 Å². The molecule has 1 aromatic rings. The molecule has 0 aliphatic heterocycles. The van der Waals surface area contributed by atoms with Crippen LogP contribution in [0, 0.1) is 3.57 Å². The largest absolute Gasteiger partial charge is 0.478 e. The summed E-state index contributed by atoms with van der Waals surface area (Å²) < 4.78 is 0.806. The van der Waals surface area contributed by atoms with E-state index in [1.807, 2.05) is 43.4 Å². The molecule has 1 aromatic carbocycles. The molecule has 3 N–H and O–H groups in total. The van der Waals surface area contributed by atoms with E-state index in [2.05, 4.69) is 10.6 Å². The zero-order valence-corrected chi connectivity index (χ0v) is 13.2. The Morgan fingerprint density at radius 2 is 1.95 bits per heavy atom. The zero-order valence-electron chi connectivity index (χ0n) is 11.1. The summed E-state index contributed by atoms with van der Waals surface area (Å²) >= 11 is 2.03. The molecule has 0 fully saturated rings. The van der Waals surface area contributed by atoms with Gasteiger partial charge >= 0.3 is 5.97 Å². The molecular formula is C13H17IN2O3. The lowest BCUT2D eigenvalue weighted by Crippen LogP contribution is -2.41. The Bertz CT molecular complexity index is 495. The first-order valence-corrected chi connectivity index (χ1v) is 6.84. The zero-order chi connectivity index (χ0) is 14.6. The molecular weight excluding hydrogens is 359 g/mol. The predicted octanol–water partition coefficient (Wildman–Crippen LogP) is 2.32. The van der Waals surface area contributed by atoms with E-state index in [1.165, 1.54) is 6.07 Å². The third-order valence-electron chi connectivity index (χ3n) is 2.27. The van der Waals surface area contributed by atoms with Crippen molar-refractivity contribution in [2.75, 3.05) is 11.9 Å². The molecule has 0 unspecified atom stereocenters. The Morgan fingerprint density at radius 3 is 2.47 bits per heavy atom. The van der Waals surface area contributed by atoms with Gasteiger partial charge in [0.2, 0.25) is 5.91 Å². The number of carbonyl (C=O) groups excluding carboxylic acids is 1. The first-order chi connectivity index (χ1) is 8.69. The predicted molar refractivity (Wildman–Crippen MR) is 82.5 cm³/mol. The average Bonchev–Trinajstić information content (AvgIpc) is 2.28. The van der Waals surface area contributed by atoms with Gasteiger partial charge in [-0.25, -0.2) is 4.79 Å². The van der Waals surface area contributed by atoms with Crippen molar-refractivity contribution in [3.05, 3.63) is 27.3 Å². The minimum absolute atomic E-state index is 0.0935. The van der Waals surface area contributed by atoms with Crippen LogP contribution in [0.1, 0.15) is 31.1 Å². The lowest BCUT2D eigenvalue weighted by atomic mass is 10.1. The number of hydrogen-bond donors (Lipinski definition) is 3. The lowest BCUT2D eigenvalue weighted by molar-refractivity contribution is -0.115. The van der Waals surface area contributed by atoms with Crippen molar-refractivity contribution in [2.24, 2.45) is 0 Å². The maximum Gasteiger partial charge on any atom is 0.337 e. The number of rotatable bonds is 4. The van der Waals surface area contributed by atoms with Gasteiger partial charge in [-0.05, 0) is 61.6 Å². The maximum atomic E-state index is 11.8. The third kappa shape index (κ3) is 5.56. The van der Waals surface area contributed by atoms with Crippen molar-refractivity contribution >= 4 is 40.2 Å². The van der Waals surface area contributed by atoms with Crippen LogP contribution >= 0.6 is 22.6 Å². The van der Waals surface area contributed by atoms with E-state index in [4.69, 9.17) is 5.11 Å². The number of anilines is 1. The summed E-state index contributed by atoms with van der Waals surface area (Å²) in [5, 5.41) is 14.7. The first-order valence-electron chi connectivity index (χ1n) is 5.77. The highest BCUT2D eigenvalue weighted by atomic mass is 127. The van der Waals surface area contributed by atoms with E-state index >= 15 is 0 Å². The summed E-state index contributed by atoms with van der Waals surface area (Å²) in [4.78, 5) is 22.9. The molecule has 0 aromatic heterocycles. The SMILES string of the molecule is CC(C)(C)NCC(=O)Nc1ccc(I)cc1C(=O)O. The van der Waals surface area contributed by atoms with Crippen LogP contribution in [0.2, 0.25) is 0 Å². The minimum Gasteiger partial charge on any atom is -0.478 e. The van der Waals surface area contributed by atoms with E-state index in [0.29, 0.717) is 5.69 Å². The van der Waals surface area contributed by atoms with E-state index in [1.54, 1.807) is 12.1 Å². The first kappa shape index (κ1) is 15.9. The number of amides is 1. The van der Waals surface area contributed by atoms with Gasteiger partial charge in [0.25, 0.3) is 0 Å². The topological polar surface area (TPSA) is 78.4 Å². The van der Waals surface area contributed by atoms with Gasteiger partial charge in [0.1, 0.15) is 0 Å². The minimum atomic E-state index is -1.06. The van der Waals surface area contributed by atoms with Crippen LogP contribution in [0.3, 0.4) is 0 Å². The summed E-state index contributed by atoms with van der Waals surface area (Å²) in [6.07, 6.45) is 0. The number of nitrogens with one attached hydrogen (secondary N) is 2. The van der Waals surface area contributed by atoms with Crippen LogP contribution in [0.25, 0.3) is 0 Å². The van der Waals surface area contributed by atoms with Crippen molar-refractivity contribution in [1.29, 1.82) is 0 Å².